The van der Waals surface area contributed by atoms with Gasteiger partial charge in [0.2, 0.25) is 5.91 Å². The first-order valence-corrected chi connectivity index (χ1v) is 5.88. The number of hydrogen-bond donors (Lipinski definition) is 2. The zero-order chi connectivity index (χ0) is 15.1. The van der Waals surface area contributed by atoms with Gasteiger partial charge in [-0.3, -0.25) is 19.7 Å². The van der Waals surface area contributed by atoms with Crippen LogP contribution >= 0.6 is 0 Å². The Hall–Kier alpha value is -2.44. The van der Waals surface area contributed by atoms with Crippen molar-refractivity contribution >= 4 is 17.7 Å². The van der Waals surface area contributed by atoms with Crippen molar-refractivity contribution in [3.63, 3.8) is 0 Å². The highest BCUT2D eigenvalue weighted by Crippen LogP contribution is 2.23. The summed E-state index contributed by atoms with van der Waals surface area (Å²) in [6.07, 6.45) is 0. The predicted octanol–water partition coefficient (Wildman–Crippen LogP) is 0.408. The number of amides is 3. The van der Waals surface area contributed by atoms with Gasteiger partial charge in [-0.2, -0.15) is 0 Å². The van der Waals surface area contributed by atoms with Crippen LogP contribution in [0.2, 0.25) is 0 Å². The van der Waals surface area contributed by atoms with Crippen LogP contribution in [0.5, 0.6) is 5.75 Å². The van der Waals surface area contributed by atoms with Gasteiger partial charge in [0, 0.05) is 6.07 Å². The Morgan fingerprint density at radius 2 is 2.05 bits per heavy atom. The largest absolute Gasteiger partial charge is 0.508 e. The highest BCUT2D eigenvalue weighted by Gasteiger charge is 2.44. The molecular formula is C13H13FN2O4. The number of halogens is 1. The molecule has 7 heteroatoms. The molecule has 1 aliphatic rings. The highest BCUT2D eigenvalue weighted by atomic mass is 19.1. The van der Waals surface area contributed by atoms with Crippen molar-refractivity contribution in [1.82, 2.24) is 10.2 Å². The molecule has 20 heavy (non-hydrogen) atoms. The molecule has 0 saturated carbocycles. The van der Waals surface area contributed by atoms with Crippen molar-refractivity contribution in [2.45, 2.75) is 19.4 Å². The lowest BCUT2D eigenvalue weighted by Crippen LogP contribution is -2.65. The van der Waals surface area contributed by atoms with E-state index in [1.165, 1.54) is 13.8 Å². The molecule has 1 aliphatic heterocycles. The Kier molecular flexibility index (Phi) is 3.21. The average Bonchev–Trinajstić information content (AvgIpc) is 2.33. The van der Waals surface area contributed by atoms with Crippen LogP contribution in [0.15, 0.2) is 18.2 Å². The molecule has 1 fully saturated rings. The summed E-state index contributed by atoms with van der Waals surface area (Å²) in [6, 6.07) is 3.07. The fourth-order valence-corrected chi connectivity index (χ4v) is 1.93. The summed E-state index contributed by atoms with van der Waals surface area (Å²) in [5.74, 6) is -3.26. The van der Waals surface area contributed by atoms with Gasteiger partial charge in [-0.15, -0.1) is 0 Å². The number of nitrogens with one attached hydrogen (secondary N) is 1. The molecule has 1 aromatic carbocycles. The third-order valence-corrected chi connectivity index (χ3v) is 3.21. The van der Waals surface area contributed by atoms with Gasteiger partial charge in [0.1, 0.15) is 23.7 Å². The third-order valence-electron chi connectivity index (χ3n) is 3.21. The quantitative estimate of drug-likeness (QED) is 0.729. The van der Waals surface area contributed by atoms with E-state index < -0.39 is 29.1 Å². The van der Waals surface area contributed by atoms with E-state index in [1.807, 2.05) is 0 Å². The Labute approximate surface area is 114 Å². The molecule has 0 bridgehead atoms. The second-order valence-corrected chi connectivity index (χ2v) is 4.99. The molecule has 0 aliphatic carbocycles. The molecule has 1 heterocycles. The first-order valence-electron chi connectivity index (χ1n) is 5.88. The highest BCUT2D eigenvalue weighted by molar-refractivity contribution is 6.08. The molecule has 0 radical (unpaired) electrons. The van der Waals surface area contributed by atoms with Gasteiger partial charge in [-0.25, -0.2) is 4.39 Å². The van der Waals surface area contributed by atoms with Crippen LogP contribution in [-0.2, 0) is 9.59 Å². The molecule has 6 nitrogen and oxygen atoms in total. The van der Waals surface area contributed by atoms with E-state index in [1.54, 1.807) is 0 Å². The maximum absolute atomic E-state index is 13.7. The van der Waals surface area contributed by atoms with Gasteiger partial charge in [0.25, 0.3) is 11.8 Å². The maximum Gasteiger partial charge on any atom is 0.258 e. The number of aromatic hydroxyl groups is 1. The summed E-state index contributed by atoms with van der Waals surface area (Å²) in [4.78, 5) is 36.5. The number of carbonyl (C=O) groups is 3. The van der Waals surface area contributed by atoms with Crippen LogP contribution in [0.1, 0.15) is 24.2 Å². The fourth-order valence-electron chi connectivity index (χ4n) is 1.93. The van der Waals surface area contributed by atoms with Crippen molar-refractivity contribution in [1.29, 1.82) is 0 Å². The van der Waals surface area contributed by atoms with E-state index in [0.29, 0.717) is 0 Å². The second-order valence-electron chi connectivity index (χ2n) is 4.99. The topological polar surface area (TPSA) is 86.7 Å². The number of phenols is 1. The van der Waals surface area contributed by atoms with E-state index in [9.17, 15) is 18.8 Å². The van der Waals surface area contributed by atoms with E-state index in [2.05, 4.69) is 5.32 Å². The van der Waals surface area contributed by atoms with Crippen molar-refractivity contribution in [3.8, 4) is 5.75 Å². The Morgan fingerprint density at radius 1 is 1.40 bits per heavy atom. The first kappa shape index (κ1) is 14.0. The summed E-state index contributed by atoms with van der Waals surface area (Å²) >= 11 is 0. The molecular weight excluding hydrogens is 267 g/mol. The van der Waals surface area contributed by atoms with Crippen LogP contribution in [0.25, 0.3) is 0 Å². The lowest BCUT2D eigenvalue weighted by Gasteiger charge is -2.40. The zero-order valence-electron chi connectivity index (χ0n) is 10.9. The van der Waals surface area contributed by atoms with Gasteiger partial charge < -0.3 is 10.0 Å². The maximum atomic E-state index is 13.7. The molecule has 1 aromatic rings. The van der Waals surface area contributed by atoms with Crippen molar-refractivity contribution in [2.24, 2.45) is 0 Å². The standard InChI is InChI=1S/C13H13FN2O4/c1-13(2)12(20)15-10(18)6-16(13)11(19)8-4-3-7(17)5-9(8)14/h3-5,17H,6H2,1-2H3,(H,15,18,20). The predicted molar refractivity (Wildman–Crippen MR) is 66.3 cm³/mol. The second kappa shape index (κ2) is 4.59. The average molecular weight is 280 g/mol. The van der Waals surface area contributed by atoms with Gasteiger partial charge in [0.05, 0.1) is 5.56 Å². The molecule has 2 rings (SSSR count). The van der Waals surface area contributed by atoms with E-state index in [0.717, 1.165) is 23.1 Å². The normalized spacial score (nSPS) is 17.9. The number of rotatable bonds is 1. The number of hydrogen-bond acceptors (Lipinski definition) is 4. The molecule has 3 amide bonds. The molecule has 2 N–H and O–H groups in total. The van der Waals surface area contributed by atoms with Crippen molar-refractivity contribution < 1.29 is 23.9 Å². The summed E-state index contributed by atoms with van der Waals surface area (Å²) < 4.78 is 13.7. The lowest BCUT2D eigenvalue weighted by molar-refractivity contribution is -0.143. The lowest BCUT2D eigenvalue weighted by atomic mass is 9.97. The molecule has 0 atom stereocenters. The van der Waals surface area contributed by atoms with Crippen LogP contribution in [0.3, 0.4) is 0 Å². The van der Waals surface area contributed by atoms with Crippen LogP contribution in [0.4, 0.5) is 4.39 Å². The smallest absolute Gasteiger partial charge is 0.258 e. The van der Waals surface area contributed by atoms with Gasteiger partial charge in [-0.1, -0.05) is 0 Å². The summed E-state index contributed by atoms with van der Waals surface area (Å²) in [5, 5.41) is 11.3. The van der Waals surface area contributed by atoms with Crippen LogP contribution in [0, 0.1) is 5.82 Å². The Balaban J connectivity index is 2.40. The Morgan fingerprint density at radius 3 is 2.65 bits per heavy atom. The van der Waals surface area contributed by atoms with E-state index in [-0.39, 0.29) is 17.9 Å². The number of phenolic OH excluding ortho intramolecular Hbond substituents is 1. The first-order chi connectivity index (χ1) is 9.23. The molecule has 106 valence electrons. The minimum atomic E-state index is -1.27. The number of nitrogens with zero attached hydrogens (tertiary/aromatic N) is 1. The fraction of sp³-hybridized carbons (Fsp3) is 0.308. The minimum absolute atomic E-state index is 0.307. The molecule has 0 spiro atoms. The van der Waals surface area contributed by atoms with Crippen LogP contribution in [-0.4, -0.2) is 39.8 Å². The van der Waals surface area contributed by atoms with Gasteiger partial charge >= 0.3 is 0 Å². The minimum Gasteiger partial charge on any atom is -0.508 e. The SMILES string of the molecule is CC1(C)C(=O)NC(=O)CN1C(=O)c1ccc(O)cc1F. The molecule has 0 unspecified atom stereocenters. The zero-order valence-corrected chi connectivity index (χ0v) is 10.9. The van der Waals surface area contributed by atoms with Gasteiger partial charge in [-0.05, 0) is 26.0 Å². The van der Waals surface area contributed by atoms with Crippen molar-refractivity contribution in [2.75, 3.05) is 6.54 Å². The van der Waals surface area contributed by atoms with Crippen molar-refractivity contribution in [3.05, 3.63) is 29.6 Å². The molecule has 0 aromatic heterocycles. The van der Waals surface area contributed by atoms with Gasteiger partial charge in [0.15, 0.2) is 0 Å². The molecule has 1 saturated heterocycles. The number of benzene rings is 1. The van der Waals surface area contributed by atoms with Crippen LogP contribution < -0.4 is 5.32 Å². The number of piperazine rings is 1. The summed E-state index contributed by atoms with van der Waals surface area (Å²) in [7, 11) is 0. The van der Waals surface area contributed by atoms with E-state index >= 15 is 0 Å². The summed E-state index contributed by atoms with van der Waals surface area (Å²) in [5.41, 5.74) is -1.58. The number of carbonyl (C=O) groups excluding carboxylic acids is 3. The Bertz CT molecular complexity index is 612. The summed E-state index contributed by atoms with van der Waals surface area (Å²) in [6.45, 7) is 2.59. The number of imide groups is 1. The van der Waals surface area contributed by atoms with E-state index in [4.69, 9.17) is 5.11 Å². The monoisotopic (exact) mass is 280 g/mol. The third kappa shape index (κ3) is 2.22.